The zero-order chi connectivity index (χ0) is 34.5. The van der Waals surface area contributed by atoms with Gasteiger partial charge in [-0.2, -0.15) is 8.78 Å². The van der Waals surface area contributed by atoms with E-state index in [-0.39, 0.29) is 35.8 Å². The van der Waals surface area contributed by atoms with E-state index >= 15 is 0 Å². The predicted molar refractivity (Wildman–Crippen MR) is 182 cm³/mol. The summed E-state index contributed by atoms with van der Waals surface area (Å²) in [6.45, 7) is 38.4. The van der Waals surface area contributed by atoms with Crippen molar-refractivity contribution >= 4 is 0 Å². The number of hydrogen-bond acceptors (Lipinski definition) is 1. The molecule has 0 heterocycles. The fourth-order valence-electron chi connectivity index (χ4n) is 4.06. The van der Waals surface area contributed by atoms with Crippen LogP contribution in [0.1, 0.15) is 128 Å². The molecule has 0 spiro atoms. The third-order valence-corrected chi connectivity index (χ3v) is 8.25. The van der Waals surface area contributed by atoms with Gasteiger partial charge in [0.25, 0.3) is 0 Å². The zero-order valence-corrected chi connectivity index (χ0v) is 29.8. The minimum atomic E-state index is -3.55. The second-order valence-electron chi connectivity index (χ2n) is 11.9. The van der Waals surface area contributed by atoms with Crippen molar-refractivity contribution in [2.45, 2.75) is 134 Å². The van der Waals surface area contributed by atoms with Gasteiger partial charge in [0.2, 0.25) is 0 Å². The highest BCUT2D eigenvalue weighted by Gasteiger charge is 2.39. The third-order valence-electron chi connectivity index (χ3n) is 8.25. The molecule has 5 heteroatoms. The normalized spacial score (nSPS) is 16.2. The van der Waals surface area contributed by atoms with Crippen LogP contribution in [0.3, 0.4) is 0 Å². The maximum atomic E-state index is 15.0. The van der Waals surface area contributed by atoms with Crippen LogP contribution in [0.4, 0.5) is 17.6 Å². The van der Waals surface area contributed by atoms with Gasteiger partial charge in [-0.25, -0.2) is 8.78 Å². The second kappa shape index (κ2) is 24.3. The van der Waals surface area contributed by atoms with Gasteiger partial charge in [0.15, 0.2) is 0 Å². The van der Waals surface area contributed by atoms with Crippen molar-refractivity contribution < 1.29 is 22.3 Å². The van der Waals surface area contributed by atoms with Gasteiger partial charge in [0, 0.05) is 6.08 Å². The molecule has 0 saturated carbocycles. The quantitative estimate of drug-likeness (QED) is 0.0753. The minimum absolute atomic E-state index is 0.0604. The van der Waals surface area contributed by atoms with Crippen molar-refractivity contribution in [1.29, 1.82) is 0 Å². The second-order valence-corrected chi connectivity index (χ2v) is 11.9. The number of rotatable bonds is 20. The smallest absolute Gasteiger partial charge is 0.400 e. The van der Waals surface area contributed by atoms with Gasteiger partial charge in [0.1, 0.15) is 17.4 Å². The molecular weight excluding hydrogens is 548 g/mol. The summed E-state index contributed by atoms with van der Waals surface area (Å²) >= 11 is 0. The first-order chi connectivity index (χ1) is 19.9. The molecule has 0 aromatic rings. The largest absolute Gasteiger partial charge is 0.433 e. The SMILES string of the molecule is C=C(/C=C(/F)C(=C)C)OC(F)(F)C(C)CCC(C)C(=C)/C(F)=C\C(=C)C(C)CCC(C)C(C)CCC(C)CC.CC.CC. The third kappa shape index (κ3) is 19.8. The van der Waals surface area contributed by atoms with E-state index in [2.05, 4.69) is 65.7 Å². The average Bonchev–Trinajstić information content (AvgIpc) is 2.97. The van der Waals surface area contributed by atoms with E-state index in [1.54, 1.807) is 6.92 Å². The van der Waals surface area contributed by atoms with Crippen molar-refractivity contribution in [3.8, 4) is 0 Å². The summed E-state index contributed by atoms with van der Waals surface area (Å²) in [6.07, 6.45) is 4.72. The molecule has 0 fully saturated rings. The number of halogens is 4. The molecule has 0 aromatic heterocycles. The Balaban J connectivity index is -0.00000382. The Bertz CT molecular complexity index is 882. The van der Waals surface area contributed by atoms with Crippen molar-refractivity contribution in [2.75, 3.05) is 0 Å². The van der Waals surface area contributed by atoms with Gasteiger partial charge >= 0.3 is 6.11 Å². The standard InChI is InChI=1S/C34H54F4O.2C2H6/c1-13-23(4)14-15-24(5)25(6)16-17-26(7)28(9)20-33(36)31(12)27(8)18-19-29(10)34(37,38)39-30(11)21-32(35)22(2)3;2*1-2/h20-21,23-27,29H,2,9,11-19H2,1,3-8,10H3;2*1-2H3/b32-21+,33-20+;;. The topological polar surface area (TPSA) is 9.23 Å². The summed E-state index contributed by atoms with van der Waals surface area (Å²) in [7, 11) is 0. The van der Waals surface area contributed by atoms with E-state index in [1.807, 2.05) is 27.7 Å². The highest BCUT2D eigenvalue weighted by atomic mass is 19.3. The molecule has 252 valence electrons. The Labute approximate surface area is 264 Å². The maximum absolute atomic E-state index is 15.0. The Hall–Kier alpha value is -2.04. The number of allylic oxidation sites excluding steroid dienone is 7. The molecule has 0 bridgehead atoms. The van der Waals surface area contributed by atoms with Gasteiger partial charge in [-0.05, 0) is 85.0 Å². The highest BCUT2D eigenvalue weighted by Crippen LogP contribution is 2.35. The van der Waals surface area contributed by atoms with Crippen molar-refractivity contribution in [2.24, 2.45) is 35.5 Å². The Morgan fingerprint density at radius 3 is 1.63 bits per heavy atom. The van der Waals surface area contributed by atoms with E-state index in [0.717, 1.165) is 24.8 Å². The molecule has 0 amide bonds. The fourth-order valence-corrected chi connectivity index (χ4v) is 4.06. The van der Waals surface area contributed by atoms with Crippen LogP contribution < -0.4 is 0 Å². The van der Waals surface area contributed by atoms with E-state index in [9.17, 15) is 17.6 Å². The first kappa shape index (κ1) is 45.4. The number of ether oxygens (including phenoxy) is 1. The molecule has 0 saturated heterocycles. The lowest BCUT2D eigenvalue weighted by Gasteiger charge is -2.25. The Morgan fingerprint density at radius 1 is 0.698 bits per heavy atom. The number of alkyl halides is 2. The molecular formula is C38H66F4O. The molecule has 1 nitrogen and oxygen atoms in total. The van der Waals surface area contributed by atoms with E-state index in [1.165, 1.54) is 39.2 Å². The minimum Gasteiger partial charge on any atom is -0.433 e. The van der Waals surface area contributed by atoms with Gasteiger partial charge in [-0.3, -0.25) is 0 Å². The van der Waals surface area contributed by atoms with Crippen LogP contribution in [0.2, 0.25) is 0 Å². The van der Waals surface area contributed by atoms with Gasteiger partial charge < -0.3 is 4.74 Å². The summed E-state index contributed by atoms with van der Waals surface area (Å²) in [6, 6.07) is 0. The number of hydrogen-bond donors (Lipinski definition) is 0. The van der Waals surface area contributed by atoms with E-state index < -0.39 is 29.4 Å². The lowest BCUT2D eigenvalue weighted by atomic mass is 9.83. The van der Waals surface area contributed by atoms with Crippen molar-refractivity contribution in [3.05, 3.63) is 72.6 Å². The molecule has 0 aliphatic heterocycles. The first-order valence-electron chi connectivity index (χ1n) is 16.5. The van der Waals surface area contributed by atoms with Gasteiger partial charge in [-0.1, -0.05) is 122 Å². The summed E-state index contributed by atoms with van der Waals surface area (Å²) < 4.78 is 62.2. The summed E-state index contributed by atoms with van der Waals surface area (Å²) in [5, 5.41) is 0. The predicted octanol–water partition coefficient (Wildman–Crippen LogP) is 14.1. The average molecular weight is 615 g/mol. The van der Waals surface area contributed by atoms with E-state index in [4.69, 9.17) is 0 Å². The summed E-state index contributed by atoms with van der Waals surface area (Å²) in [5.74, 6) is -1.12. The molecule has 6 unspecified atom stereocenters. The molecule has 0 radical (unpaired) electrons. The highest BCUT2D eigenvalue weighted by molar-refractivity contribution is 5.32. The first-order valence-corrected chi connectivity index (χ1v) is 16.5. The summed E-state index contributed by atoms with van der Waals surface area (Å²) in [4.78, 5) is 0. The Kier molecular flexibility index (Phi) is 25.7. The molecule has 0 rings (SSSR count). The molecule has 0 aromatic carbocycles. The lowest BCUT2D eigenvalue weighted by Crippen LogP contribution is -2.29. The van der Waals surface area contributed by atoms with Crippen LogP contribution in [-0.2, 0) is 4.74 Å². The lowest BCUT2D eigenvalue weighted by molar-refractivity contribution is -0.244. The van der Waals surface area contributed by atoms with Crippen LogP contribution in [0.15, 0.2) is 72.6 Å². The molecule has 0 aliphatic carbocycles. The molecule has 0 N–H and O–H groups in total. The van der Waals surface area contributed by atoms with Crippen LogP contribution >= 0.6 is 0 Å². The van der Waals surface area contributed by atoms with Crippen LogP contribution in [0, 0.1) is 35.5 Å². The van der Waals surface area contributed by atoms with Gasteiger partial charge in [0.05, 0.1) is 5.92 Å². The Morgan fingerprint density at radius 2 is 1.16 bits per heavy atom. The van der Waals surface area contributed by atoms with Gasteiger partial charge in [-0.15, -0.1) is 0 Å². The summed E-state index contributed by atoms with van der Waals surface area (Å²) in [5.41, 5.74) is 1.07. The fraction of sp³-hybridized carbons (Fsp3) is 0.684. The van der Waals surface area contributed by atoms with Crippen LogP contribution in [0.5, 0.6) is 0 Å². The van der Waals surface area contributed by atoms with Crippen LogP contribution in [0.25, 0.3) is 0 Å². The monoisotopic (exact) mass is 615 g/mol. The molecule has 43 heavy (non-hydrogen) atoms. The van der Waals surface area contributed by atoms with Crippen LogP contribution in [-0.4, -0.2) is 6.11 Å². The molecule has 6 atom stereocenters. The van der Waals surface area contributed by atoms with Crippen molar-refractivity contribution in [3.63, 3.8) is 0 Å². The van der Waals surface area contributed by atoms with E-state index in [0.29, 0.717) is 17.4 Å². The molecule has 0 aliphatic rings. The van der Waals surface area contributed by atoms with Crippen molar-refractivity contribution in [1.82, 2.24) is 0 Å². The zero-order valence-electron chi connectivity index (χ0n) is 29.8. The maximum Gasteiger partial charge on any atom is 0.400 e.